The molecule has 0 saturated heterocycles. The van der Waals surface area contributed by atoms with Gasteiger partial charge >= 0.3 is 5.97 Å². The van der Waals surface area contributed by atoms with Gasteiger partial charge in [0.15, 0.2) is 0 Å². The van der Waals surface area contributed by atoms with Crippen molar-refractivity contribution in [3.8, 4) is 10.6 Å². The highest BCUT2D eigenvalue weighted by atomic mass is 32.1. The summed E-state index contributed by atoms with van der Waals surface area (Å²) >= 11 is 1.30. The van der Waals surface area contributed by atoms with Gasteiger partial charge in [-0.05, 0) is 13.8 Å². The quantitative estimate of drug-likeness (QED) is 0.924. The first-order valence-corrected chi connectivity index (χ1v) is 6.78. The van der Waals surface area contributed by atoms with E-state index in [0.29, 0.717) is 16.3 Å². The van der Waals surface area contributed by atoms with E-state index in [-0.39, 0.29) is 5.56 Å². The Balaban J connectivity index is 2.31. The summed E-state index contributed by atoms with van der Waals surface area (Å²) in [5.74, 6) is -0.956. The van der Waals surface area contributed by atoms with Crippen molar-refractivity contribution in [2.75, 3.05) is 0 Å². The number of nitrogens with zero attached hydrogens (tertiary/aromatic N) is 1. The van der Waals surface area contributed by atoms with Crippen molar-refractivity contribution in [3.63, 3.8) is 0 Å². The minimum atomic E-state index is -2.50. The molecule has 106 valence electrons. The van der Waals surface area contributed by atoms with Crippen LogP contribution in [0.1, 0.15) is 31.5 Å². The zero-order valence-electron chi connectivity index (χ0n) is 10.9. The summed E-state index contributed by atoms with van der Waals surface area (Å²) in [5.41, 5.74) is 0.0451. The smallest absolute Gasteiger partial charge is 0.315 e. The number of hydrogen-bond acceptors (Lipinski definition) is 3. The first-order valence-electron chi connectivity index (χ1n) is 5.90. The summed E-state index contributed by atoms with van der Waals surface area (Å²) in [4.78, 5) is 15.5. The maximum atomic E-state index is 12.5. The third-order valence-electron chi connectivity index (χ3n) is 3.09. The Labute approximate surface area is 118 Å². The van der Waals surface area contributed by atoms with Crippen molar-refractivity contribution in [2.45, 2.75) is 25.7 Å². The number of halogens is 2. The van der Waals surface area contributed by atoms with E-state index in [4.69, 9.17) is 5.11 Å². The number of carboxylic acids is 1. The molecular formula is C14H13F2NO2S. The molecule has 1 aromatic heterocycles. The van der Waals surface area contributed by atoms with E-state index in [9.17, 15) is 13.6 Å². The lowest BCUT2D eigenvalue weighted by molar-refractivity contribution is -0.142. The van der Waals surface area contributed by atoms with Crippen molar-refractivity contribution in [2.24, 2.45) is 0 Å². The normalized spacial score (nSPS) is 11.8. The van der Waals surface area contributed by atoms with Gasteiger partial charge in [-0.3, -0.25) is 4.79 Å². The van der Waals surface area contributed by atoms with Crippen LogP contribution in [0.5, 0.6) is 0 Å². The maximum Gasteiger partial charge on any atom is 0.315 e. The van der Waals surface area contributed by atoms with Gasteiger partial charge in [0.1, 0.15) is 10.4 Å². The number of rotatable bonds is 4. The molecule has 2 aromatic rings. The minimum Gasteiger partial charge on any atom is -0.481 e. The Morgan fingerprint density at radius 1 is 1.30 bits per heavy atom. The predicted molar refractivity (Wildman–Crippen MR) is 73.2 cm³/mol. The molecule has 0 atom stereocenters. The monoisotopic (exact) mass is 297 g/mol. The molecule has 6 heteroatoms. The maximum absolute atomic E-state index is 12.5. The summed E-state index contributed by atoms with van der Waals surface area (Å²) in [6.07, 6.45) is -2.50. The third-order valence-corrected chi connectivity index (χ3v) is 3.98. The molecular weight excluding hydrogens is 284 g/mol. The number of benzene rings is 1. The van der Waals surface area contributed by atoms with E-state index in [1.54, 1.807) is 31.4 Å². The predicted octanol–water partition coefficient (Wildman–Crippen LogP) is 4.11. The van der Waals surface area contributed by atoms with E-state index in [2.05, 4.69) is 4.98 Å². The number of thiazole rings is 1. The Kier molecular flexibility index (Phi) is 3.85. The van der Waals surface area contributed by atoms with E-state index in [0.717, 1.165) is 0 Å². The number of aromatic nitrogens is 1. The van der Waals surface area contributed by atoms with Crippen LogP contribution in [-0.2, 0) is 10.2 Å². The Morgan fingerprint density at radius 2 is 1.90 bits per heavy atom. The van der Waals surface area contributed by atoms with Crippen LogP contribution in [0, 0.1) is 0 Å². The SMILES string of the molecule is CC(C)(C(=O)O)c1csc(-c2ccc(C(F)F)cc2)n1. The standard InChI is InChI=1S/C14H13F2NO2S/c1-14(2,13(18)19)10-7-20-12(17-10)9-5-3-8(4-6-9)11(15)16/h3-7,11H,1-2H3,(H,18,19). The van der Waals surface area contributed by atoms with Crippen LogP contribution in [0.3, 0.4) is 0 Å². The molecule has 0 amide bonds. The number of hydrogen-bond donors (Lipinski definition) is 1. The second-order valence-electron chi connectivity index (χ2n) is 4.89. The van der Waals surface area contributed by atoms with Crippen LogP contribution in [-0.4, -0.2) is 16.1 Å². The molecule has 1 N–H and O–H groups in total. The van der Waals surface area contributed by atoms with Gasteiger partial charge in [0.2, 0.25) is 0 Å². The van der Waals surface area contributed by atoms with Gasteiger partial charge in [-0.15, -0.1) is 11.3 Å². The van der Waals surface area contributed by atoms with Gasteiger partial charge in [-0.1, -0.05) is 24.3 Å². The molecule has 1 heterocycles. The van der Waals surface area contributed by atoms with E-state index >= 15 is 0 Å². The minimum absolute atomic E-state index is 0.0450. The second-order valence-corrected chi connectivity index (χ2v) is 5.75. The second kappa shape index (κ2) is 5.28. The number of carbonyl (C=O) groups is 1. The number of alkyl halides is 2. The highest BCUT2D eigenvalue weighted by Crippen LogP contribution is 2.31. The number of carboxylic acid groups (broad SMARTS) is 1. The molecule has 20 heavy (non-hydrogen) atoms. The van der Waals surface area contributed by atoms with Gasteiger partial charge in [0.25, 0.3) is 6.43 Å². The molecule has 0 aliphatic rings. The Morgan fingerprint density at radius 3 is 2.40 bits per heavy atom. The van der Waals surface area contributed by atoms with Crippen LogP contribution in [0.4, 0.5) is 8.78 Å². The topological polar surface area (TPSA) is 50.2 Å². The molecule has 0 fully saturated rings. The van der Waals surface area contributed by atoms with Crippen molar-refractivity contribution in [1.29, 1.82) is 0 Å². The largest absolute Gasteiger partial charge is 0.481 e. The summed E-state index contributed by atoms with van der Waals surface area (Å²) in [6, 6.07) is 5.84. The highest BCUT2D eigenvalue weighted by molar-refractivity contribution is 7.13. The fourth-order valence-corrected chi connectivity index (χ4v) is 2.57. The fourth-order valence-electron chi connectivity index (χ4n) is 1.57. The van der Waals surface area contributed by atoms with Crippen molar-refractivity contribution in [1.82, 2.24) is 4.98 Å². The first kappa shape index (κ1) is 14.6. The zero-order valence-corrected chi connectivity index (χ0v) is 11.7. The van der Waals surface area contributed by atoms with Crippen molar-refractivity contribution < 1.29 is 18.7 Å². The van der Waals surface area contributed by atoms with Crippen LogP contribution in [0.2, 0.25) is 0 Å². The molecule has 0 aliphatic heterocycles. The third kappa shape index (κ3) is 2.70. The van der Waals surface area contributed by atoms with E-state index in [1.807, 2.05) is 0 Å². The molecule has 1 aromatic carbocycles. The molecule has 3 nitrogen and oxygen atoms in total. The molecule has 2 rings (SSSR count). The van der Waals surface area contributed by atoms with Gasteiger partial charge in [0.05, 0.1) is 5.69 Å². The summed E-state index contributed by atoms with van der Waals surface area (Å²) in [7, 11) is 0. The van der Waals surface area contributed by atoms with Gasteiger partial charge in [-0.2, -0.15) is 0 Å². The molecule has 0 aliphatic carbocycles. The van der Waals surface area contributed by atoms with E-state index < -0.39 is 17.8 Å². The Hall–Kier alpha value is -1.82. The summed E-state index contributed by atoms with van der Waals surface area (Å²) < 4.78 is 24.9. The van der Waals surface area contributed by atoms with Crippen LogP contribution < -0.4 is 0 Å². The molecule has 0 spiro atoms. The lowest BCUT2D eigenvalue weighted by atomic mass is 9.90. The zero-order chi connectivity index (χ0) is 14.9. The van der Waals surface area contributed by atoms with Gasteiger partial charge in [0, 0.05) is 16.5 Å². The molecule has 0 bridgehead atoms. The highest BCUT2D eigenvalue weighted by Gasteiger charge is 2.32. The Bertz CT molecular complexity index is 620. The lowest BCUT2D eigenvalue weighted by Crippen LogP contribution is -2.28. The molecule has 0 unspecified atom stereocenters. The van der Waals surface area contributed by atoms with Crippen LogP contribution >= 0.6 is 11.3 Å². The van der Waals surface area contributed by atoms with Crippen molar-refractivity contribution >= 4 is 17.3 Å². The summed E-state index contributed by atoms with van der Waals surface area (Å²) in [5, 5.41) is 11.5. The van der Waals surface area contributed by atoms with Gasteiger partial charge < -0.3 is 5.11 Å². The number of aliphatic carboxylic acids is 1. The molecule has 0 saturated carbocycles. The summed E-state index contributed by atoms with van der Waals surface area (Å²) in [6.45, 7) is 3.15. The van der Waals surface area contributed by atoms with Crippen molar-refractivity contribution in [3.05, 3.63) is 40.9 Å². The molecule has 0 radical (unpaired) electrons. The lowest BCUT2D eigenvalue weighted by Gasteiger charge is -2.15. The first-order chi connectivity index (χ1) is 9.32. The van der Waals surface area contributed by atoms with Crippen LogP contribution in [0.15, 0.2) is 29.6 Å². The average Bonchev–Trinajstić information content (AvgIpc) is 2.88. The van der Waals surface area contributed by atoms with Gasteiger partial charge in [-0.25, -0.2) is 13.8 Å². The van der Waals surface area contributed by atoms with Crippen LogP contribution in [0.25, 0.3) is 10.6 Å². The average molecular weight is 297 g/mol. The van der Waals surface area contributed by atoms with E-state index in [1.165, 1.54) is 23.5 Å². The fraction of sp³-hybridized carbons (Fsp3) is 0.286.